The van der Waals surface area contributed by atoms with Crippen molar-refractivity contribution in [1.29, 1.82) is 0 Å². The fraction of sp³-hybridized carbons (Fsp3) is 0.0526. The van der Waals surface area contributed by atoms with Crippen LogP contribution in [0.1, 0.15) is 0 Å². The lowest BCUT2D eigenvalue weighted by molar-refractivity contribution is 0.627. The van der Waals surface area contributed by atoms with Crippen molar-refractivity contribution in [2.45, 2.75) is 0 Å². The van der Waals surface area contributed by atoms with Crippen LogP contribution >= 0.6 is 0 Å². The van der Waals surface area contributed by atoms with Gasteiger partial charge in [0.05, 0.1) is 5.39 Å². The molecule has 118 valence electrons. The van der Waals surface area contributed by atoms with Crippen LogP contribution in [0.15, 0.2) is 67.1 Å². The van der Waals surface area contributed by atoms with Crippen LogP contribution in [0, 0.1) is 5.82 Å². The minimum atomic E-state index is -0.260. The van der Waals surface area contributed by atoms with Gasteiger partial charge in [-0.05, 0) is 29.8 Å². The molecule has 2 aromatic heterocycles. The highest BCUT2D eigenvalue weighted by molar-refractivity contribution is 6.02. The molecule has 0 bridgehead atoms. The van der Waals surface area contributed by atoms with Gasteiger partial charge in [-0.2, -0.15) is 0 Å². The Morgan fingerprint density at radius 3 is 2.42 bits per heavy atom. The lowest BCUT2D eigenvalue weighted by Gasteiger charge is -2.05. The molecule has 0 fully saturated rings. The van der Waals surface area contributed by atoms with Crippen LogP contribution in [-0.2, 0) is 0 Å². The first-order valence-corrected chi connectivity index (χ1v) is 7.63. The van der Waals surface area contributed by atoms with E-state index in [0.717, 1.165) is 33.7 Å². The molecule has 0 unspecified atom stereocenters. The molecular formula is C19H15FN4. The Morgan fingerprint density at radius 1 is 0.958 bits per heavy atom. The molecule has 0 saturated heterocycles. The second kappa shape index (κ2) is 5.77. The summed E-state index contributed by atoms with van der Waals surface area (Å²) in [4.78, 5) is 8.79. The average Bonchev–Trinajstić information content (AvgIpc) is 3.03. The number of hydrogen-bond acceptors (Lipinski definition) is 3. The third-order valence-corrected chi connectivity index (χ3v) is 4.01. The van der Waals surface area contributed by atoms with E-state index < -0.39 is 0 Å². The standard InChI is InChI=1S/C19H15FN4/c1-21-18-17-16(13-5-3-2-4-6-13)11-24(19(17)23-12-22-18)15-9-7-14(20)8-10-15/h2-12H,1H3,(H,21,22,23). The maximum Gasteiger partial charge on any atom is 0.150 e. The van der Waals surface area contributed by atoms with E-state index in [0.29, 0.717) is 0 Å². The van der Waals surface area contributed by atoms with E-state index in [1.807, 2.05) is 36.0 Å². The van der Waals surface area contributed by atoms with E-state index in [-0.39, 0.29) is 5.82 Å². The van der Waals surface area contributed by atoms with Crippen molar-refractivity contribution in [3.05, 3.63) is 72.9 Å². The summed E-state index contributed by atoms with van der Waals surface area (Å²) in [6.45, 7) is 0. The number of nitrogens with one attached hydrogen (secondary N) is 1. The van der Waals surface area contributed by atoms with Crippen LogP contribution in [0.2, 0.25) is 0 Å². The average molecular weight is 318 g/mol. The van der Waals surface area contributed by atoms with Crippen LogP contribution in [0.5, 0.6) is 0 Å². The molecule has 0 aliphatic heterocycles. The van der Waals surface area contributed by atoms with Crippen LogP contribution in [0.4, 0.5) is 10.2 Å². The van der Waals surface area contributed by atoms with Gasteiger partial charge in [-0.1, -0.05) is 30.3 Å². The fourth-order valence-corrected chi connectivity index (χ4v) is 2.89. The second-order valence-electron chi connectivity index (χ2n) is 5.43. The lowest BCUT2D eigenvalue weighted by atomic mass is 10.1. The van der Waals surface area contributed by atoms with Crippen LogP contribution in [-0.4, -0.2) is 21.6 Å². The number of anilines is 1. The molecule has 4 aromatic rings. The summed E-state index contributed by atoms with van der Waals surface area (Å²) >= 11 is 0. The number of nitrogens with zero attached hydrogens (tertiary/aromatic N) is 3. The third kappa shape index (κ3) is 2.31. The van der Waals surface area contributed by atoms with E-state index in [1.165, 1.54) is 18.5 Å². The summed E-state index contributed by atoms with van der Waals surface area (Å²) in [5.74, 6) is 0.503. The highest BCUT2D eigenvalue weighted by Crippen LogP contribution is 2.34. The van der Waals surface area contributed by atoms with E-state index in [2.05, 4.69) is 27.4 Å². The normalized spacial score (nSPS) is 10.9. The molecule has 0 amide bonds. The van der Waals surface area contributed by atoms with Crippen molar-refractivity contribution in [1.82, 2.24) is 14.5 Å². The van der Waals surface area contributed by atoms with Gasteiger partial charge >= 0.3 is 0 Å². The van der Waals surface area contributed by atoms with E-state index >= 15 is 0 Å². The zero-order valence-electron chi connectivity index (χ0n) is 13.1. The van der Waals surface area contributed by atoms with Crippen molar-refractivity contribution in [2.24, 2.45) is 0 Å². The molecule has 2 heterocycles. The molecule has 0 aliphatic rings. The Balaban J connectivity index is 2.04. The summed E-state index contributed by atoms with van der Waals surface area (Å²) in [7, 11) is 1.84. The summed E-state index contributed by atoms with van der Waals surface area (Å²) in [5, 5.41) is 4.07. The topological polar surface area (TPSA) is 42.7 Å². The summed E-state index contributed by atoms with van der Waals surface area (Å²) in [5.41, 5.74) is 3.73. The summed E-state index contributed by atoms with van der Waals surface area (Å²) in [6, 6.07) is 16.5. The molecule has 24 heavy (non-hydrogen) atoms. The highest BCUT2D eigenvalue weighted by atomic mass is 19.1. The van der Waals surface area contributed by atoms with Crippen molar-refractivity contribution in [3.63, 3.8) is 0 Å². The quantitative estimate of drug-likeness (QED) is 0.613. The maximum atomic E-state index is 13.3. The fourth-order valence-electron chi connectivity index (χ4n) is 2.89. The molecule has 0 saturated carbocycles. The molecule has 4 nitrogen and oxygen atoms in total. The molecule has 5 heteroatoms. The number of benzene rings is 2. The van der Waals surface area contributed by atoms with Crippen molar-refractivity contribution in [3.8, 4) is 16.8 Å². The molecule has 2 aromatic carbocycles. The molecule has 0 atom stereocenters. The molecule has 0 spiro atoms. The van der Waals surface area contributed by atoms with E-state index in [9.17, 15) is 4.39 Å². The van der Waals surface area contributed by atoms with Gasteiger partial charge in [0.2, 0.25) is 0 Å². The predicted octanol–water partition coefficient (Wildman–Crippen LogP) is 4.27. The lowest BCUT2D eigenvalue weighted by Crippen LogP contribution is -1.97. The van der Waals surface area contributed by atoms with Gasteiger partial charge in [-0.25, -0.2) is 14.4 Å². The zero-order chi connectivity index (χ0) is 16.5. The first-order chi connectivity index (χ1) is 11.8. The first-order valence-electron chi connectivity index (χ1n) is 7.63. The number of hydrogen-bond donors (Lipinski definition) is 1. The van der Waals surface area contributed by atoms with Gasteiger partial charge in [0, 0.05) is 24.5 Å². The maximum absolute atomic E-state index is 13.3. The minimum Gasteiger partial charge on any atom is -0.372 e. The van der Waals surface area contributed by atoms with Crippen LogP contribution in [0.3, 0.4) is 0 Å². The number of fused-ring (bicyclic) bond motifs is 1. The minimum absolute atomic E-state index is 0.260. The largest absolute Gasteiger partial charge is 0.372 e. The van der Waals surface area contributed by atoms with Crippen molar-refractivity contribution in [2.75, 3.05) is 12.4 Å². The molecule has 0 aliphatic carbocycles. The Hall–Kier alpha value is -3.21. The van der Waals surface area contributed by atoms with E-state index in [1.54, 1.807) is 12.1 Å². The summed E-state index contributed by atoms with van der Waals surface area (Å²) in [6.07, 6.45) is 3.55. The molecule has 4 rings (SSSR count). The van der Waals surface area contributed by atoms with Crippen molar-refractivity contribution >= 4 is 16.9 Å². The monoisotopic (exact) mass is 318 g/mol. The SMILES string of the molecule is CNc1ncnc2c1c(-c1ccccc1)cn2-c1ccc(F)cc1. The zero-order valence-corrected chi connectivity index (χ0v) is 13.1. The highest BCUT2D eigenvalue weighted by Gasteiger charge is 2.16. The third-order valence-electron chi connectivity index (χ3n) is 4.01. The Labute approximate surface area is 138 Å². The van der Waals surface area contributed by atoms with Gasteiger partial charge < -0.3 is 9.88 Å². The van der Waals surface area contributed by atoms with Crippen molar-refractivity contribution < 1.29 is 4.39 Å². The van der Waals surface area contributed by atoms with E-state index in [4.69, 9.17) is 0 Å². The molecular weight excluding hydrogens is 303 g/mol. The number of aromatic nitrogens is 3. The smallest absolute Gasteiger partial charge is 0.150 e. The number of halogens is 1. The van der Waals surface area contributed by atoms with Gasteiger partial charge in [0.15, 0.2) is 5.65 Å². The summed E-state index contributed by atoms with van der Waals surface area (Å²) < 4.78 is 15.2. The molecule has 1 N–H and O–H groups in total. The van der Waals surface area contributed by atoms with Gasteiger partial charge in [-0.15, -0.1) is 0 Å². The second-order valence-corrected chi connectivity index (χ2v) is 5.43. The Morgan fingerprint density at radius 2 is 1.71 bits per heavy atom. The Kier molecular flexibility index (Phi) is 3.46. The first kappa shape index (κ1) is 14.4. The molecule has 0 radical (unpaired) electrons. The number of rotatable bonds is 3. The van der Waals surface area contributed by atoms with Gasteiger partial charge in [0.25, 0.3) is 0 Å². The Bertz CT molecular complexity index is 991. The van der Waals surface area contributed by atoms with Crippen LogP contribution in [0.25, 0.3) is 27.8 Å². The predicted molar refractivity (Wildman–Crippen MR) is 93.8 cm³/mol. The van der Waals surface area contributed by atoms with Gasteiger partial charge in [0.1, 0.15) is 18.0 Å². The van der Waals surface area contributed by atoms with Crippen LogP contribution < -0.4 is 5.32 Å². The van der Waals surface area contributed by atoms with Gasteiger partial charge in [-0.3, -0.25) is 0 Å².